The van der Waals surface area contributed by atoms with Crippen molar-refractivity contribution in [1.29, 1.82) is 0 Å². The Bertz CT molecular complexity index is 4230. The van der Waals surface area contributed by atoms with Gasteiger partial charge in [0.15, 0.2) is 0 Å². The second-order valence-electron chi connectivity index (χ2n) is 11.1. The van der Waals surface area contributed by atoms with Crippen molar-refractivity contribution in [3.05, 3.63) is 168 Å². The molecule has 10 rings (SSSR count). The Morgan fingerprint density at radius 3 is 1.69 bits per heavy atom. The van der Waals surface area contributed by atoms with E-state index in [4.69, 9.17) is 29.1 Å². The normalized spacial score (nSPS) is 24.1. The molecule has 0 bridgehead atoms. The van der Waals surface area contributed by atoms with Crippen LogP contribution in [0.2, 0.25) is 0 Å². The first-order valence-electron chi connectivity index (χ1n) is 28.9. The third kappa shape index (κ3) is 3.79. The molecule has 1 aliphatic carbocycles. The van der Waals surface area contributed by atoms with Crippen molar-refractivity contribution >= 4 is 43.5 Å². The minimum atomic E-state index is -3.31. The van der Waals surface area contributed by atoms with Crippen LogP contribution in [-0.4, -0.2) is 0 Å². The monoisotopic (exact) mass is 641 g/mol. The molecule has 1 aliphatic rings. The average Bonchev–Trinajstić information content (AvgIpc) is 4.11. The van der Waals surface area contributed by atoms with Crippen molar-refractivity contribution in [1.82, 2.24) is 0 Å². The van der Waals surface area contributed by atoms with Gasteiger partial charge in [0.2, 0.25) is 0 Å². The highest BCUT2D eigenvalue weighted by Crippen LogP contribution is 2.51. The van der Waals surface area contributed by atoms with E-state index in [1.54, 1.807) is 0 Å². The molecular formula is C47H32O. The predicted octanol–water partition coefficient (Wildman–Crippen LogP) is 13.2. The zero-order valence-corrected chi connectivity index (χ0v) is 24.4. The molecule has 1 unspecified atom stereocenters. The van der Waals surface area contributed by atoms with Crippen molar-refractivity contribution < 1.29 is 44.2 Å². The Balaban J connectivity index is 1.44. The lowest BCUT2D eigenvalue weighted by atomic mass is 9.80. The molecule has 1 heterocycles. The average molecular weight is 642 g/mol. The highest BCUT2D eigenvalue weighted by atomic mass is 16.3. The molecular weight excluding hydrogens is 581 g/mol. The topological polar surface area (TPSA) is 13.1 Å². The van der Waals surface area contributed by atoms with Crippen LogP contribution in [0.3, 0.4) is 0 Å². The van der Waals surface area contributed by atoms with Gasteiger partial charge in [-0.1, -0.05) is 153 Å². The van der Waals surface area contributed by atoms with Gasteiger partial charge in [-0.15, -0.1) is 0 Å². The smallest absolute Gasteiger partial charge is 0.136 e. The van der Waals surface area contributed by atoms with Crippen LogP contribution in [0.25, 0.3) is 88.0 Å². The third-order valence-electron chi connectivity index (χ3n) is 8.45. The molecule has 9 aromatic rings. The molecule has 48 heavy (non-hydrogen) atoms. The van der Waals surface area contributed by atoms with Crippen LogP contribution < -0.4 is 0 Å². The van der Waals surface area contributed by atoms with Gasteiger partial charge in [-0.2, -0.15) is 0 Å². The van der Waals surface area contributed by atoms with Gasteiger partial charge in [0.1, 0.15) is 11.2 Å². The summed E-state index contributed by atoms with van der Waals surface area (Å²) in [5.74, 6) is 0. The second kappa shape index (κ2) is 10.0. The zero-order valence-electron chi connectivity index (χ0n) is 53.4. The van der Waals surface area contributed by atoms with Crippen LogP contribution in [0, 0.1) is 0 Å². The molecule has 0 radical (unpaired) electrons. The maximum Gasteiger partial charge on any atom is 0.136 e. The third-order valence-corrected chi connectivity index (χ3v) is 8.45. The van der Waals surface area contributed by atoms with Crippen molar-refractivity contribution in [2.24, 2.45) is 0 Å². The number of furan rings is 1. The van der Waals surface area contributed by atoms with Gasteiger partial charge in [0.25, 0.3) is 0 Å². The van der Waals surface area contributed by atoms with Crippen molar-refractivity contribution in [2.45, 2.75) is 19.2 Å². The largest absolute Gasteiger partial charge is 0.456 e. The molecule has 0 N–H and O–H groups in total. The first-order valence-corrected chi connectivity index (χ1v) is 14.4. The lowest BCUT2D eigenvalue weighted by molar-refractivity contribution is 0.660. The summed E-state index contributed by atoms with van der Waals surface area (Å²) in [5, 5.41) is -4.08. The standard InChI is InChI=1S/C47H32O/c1-47(2)40-19-9-7-12-33(40)34-27-26-31(28-41(34)47)45-37-15-5-3-13-35(37)44(36-14-4-6-16-38(36)45)30-24-22-29(23-25-30)32-18-11-21-43-46(32)39-17-8-10-20-42(39)48-43/h3-28H,1-2H3/i1D3,3D,4D,5D,6D,7D,8D,9D,10D,11D,12D,13D,14D,15D,16D,17D,18D,19D,20D,21D,22D,23D,24D,25D,26D,27D,28D. The fraction of sp³-hybridized carbons (Fsp3) is 0.0638. The van der Waals surface area contributed by atoms with Crippen LogP contribution in [0.1, 0.15) is 64.7 Å². The van der Waals surface area contributed by atoms with Gasteiger partial charge in [-0.3, -0.25) is 0 Å². The fourth-order valence-electron chi connectivity index (χ4n) is 6.33. The Kier molecular flexibility index (Phi) is 2.32. The van der Waals surface area contributed by atoms with E-state index in [1.807, 2.05) is 0 Å². The van der Waals surface area contributed by atoms with E-state index in [-0.39, 0.29) is 0 Å². The lowest BCUT2D eigenvalue weighted by Crippen LogP contribution is -2.14. The molecule has 8 aromatic carbocycles. The molecule has 226 valence electrons. The molecule has 0 spiro atoms. The first-order chi connectivity index (χ1) is 35.7. The Morgan fingerprint density at radius 1 is 0.458 bits per heavy atom. The minimum Gasteiger partial charge on any atom is -0.456 e. The van der Waals surface area contributed by atoms with E-state index < -0.39 is 268 Å². The number of benzene rings is 8. The number of fused-ring (bicyclic) bond motifs is 8. The second-order valence-corrected chi connectivity index (χ2v) is 11.1. The molecule has 0 amide bonds. The molecule has 0 fully saturated rings. The molecule has 0 saturated heterocycles. The highest BCUT2D eigenvalue weighted by molar-refractivity contribution is 6.21. The molecule has 1 atom stereocenters. The maximum absolute atomic E-state index is 9.94. The van der Waals surface area contributed by atoms with Crippen LogP contribution in [0.15, 0.2) is 162 Å². The van der Waals surface area contributed by atoms with Gasteiger partial charge >= 0.3 is 0 Å². The highest BCUT2D eigenvalue weighted by Gasteiger charge is 2.35. The Morgan fingerprint density at radius 2 is 0.979 bits per heavy atom. The quantitative estimate of drug-likeness (QED) is 0.175. The lowest BCUT2D eigenvalue weighted by Gasteiger charge is -2.23. The van der Waals surface area contributed by atoms with Crippen LogP contribution >= 0.6 is 0 Å². The Labute approximate surface area is 320 Å². The number of rotatable bonds is 3. The van der Waals surface area contributed by atoms with Crippen molar-refractivity contribution in [2.75, 3.05) is 0 Å². The summed E-state index contributed by atoms with van der Waals surface area (Å²) in [6, 6.07) is -24.6. The summed E-state index contributed by atoms with van der Waals surface area (Å²) in [6.45, 7) is -2.28. The summed E-state index contributed by atoms with van der Waals surface area (Å²) in [4.78, 5) is 0. The van der Waals surface area contributed by atoms with E-state index in [1.165, 1.54) is 0 Å². The van der Waals surface area contributed by atoms with Crippen LogP contribution in [-0.2, 0) is 5.41 Å². The molecule has 0 saturated carbocycles. The predicted molar refractivity (Wildman–Crippen MR) is 203 cm³/mol. The fourth-order valence-corrected chi connectivity index (χ4v) is 6.33. The van der Waals surface area contributed by atoms with Crippen LogP contribution in [0.4, 0.5) is 0 Å². The Hall–Kier alpha value is -5.92. The maximum atomic E-state index is 9.94. The van der Waals surface area contributed by atoms with Crippen molar-refractivity contribution in [3.63, 3.8) is 0 Å². The van der Waals surface area contributed by atoms with Gasteiger partial charge in [-0.05, 0) is 95.3 Å². The van der Waals surface area contributed by atoms with Gasteiger partial charge < -0.3 is 4.42 Å². The zero-order chi connectivity index (χ0) is 57.1. The van der Waals surface area contributed by atoms with E-state index in [2.05, 4.69) is 0 Å². The van der Waals surface area contributed by atoms with Crippen molar-refractivity contribution in [3.8, 4) is 44.5 Å². The van der Waals surface area contributed by atoms with E-state index in [0.717, 1.165) is 6.92 Å². The summed E-state index contributed by atoms with van der Waals surface area (Å²) in [6.07, 6.45) is 0. The molecule has 1 heteroatoms. The summed E-state index contributed by atoms with van der Waals surface area (Å²) in [5.41, 5.74) is -10.8. The van der Waals surface area contributed by atoms with E-state index in [9.17, 15) is 15.1 Å². The molecule has 0 aliphatic heterocycles. The number of hydrogen-bond acceptors (Lipinski definition) is 1. The summed E-state index contributed by atoms with van der Waals surface area (Å²) < 4.78 is 268. The van der Waals surface area contributed by atoms with Gasteiger partial charge in [0.05, 0.1) is 35.6 Å². The van der Waals surface area contributed by atoms with E-state index in [0.29, 0.717) is 0 Å². The summed E-state index contributed by atoms with van der Waals surface area (Å²) in [7, 11) is 0. The van der Waals surface area contributed by atoms with E-state index >= 15 is 0 Å². The van der Waals surface area contributed by atoms with Gasteiger partial charge in [0, 0.05) is 20.3 Å². The SMILES string of the molecule is [2H]c1c([2H])c([2H])c2c(c1[2H])-c1c([2H])c([2H])c(-c3c4c([2H])c([2H])c([2H])c([2H])c4c(-c4c([2H])c([2H])c(-c5c([2H])c([2H])c([2H])c6oc7c([2H])c([2H])c([2H])c([2H])c7c56)c([2H])c4[2H])c4c([2H])c([2H])c([2H])c([2H])c34)c([2H])c1C2(C)C([2H])([2H])[2H]. The minimum absolute atomic E-state index is 0.445. The van der Waals surface area contributed by atoms with Crippen LogP contribution in [0.5, 0.6) is 0 Å². The first kappa shape index (κ1) is 11.1. The number of hydrogen-bond donors (Lipinski definition) is 0. The molecule has 1 aromatic heterocycles. The van der Waals surface area contributed by atoms with Gasteiger partial charge in [-0.25, -0.2) is 0 Å². The molecule has 1 nitrogen and oxygen atoms in total. The summed E-state index contributed by atoms with van der Waals surface area (Å²) >= 11 is 0. The number of para-hydroxylation sites is 1.